The molecule has 2 bridgehead atoms. The van der Waals surface area contributed by atoms with E-state index in [9.17, 15) is 4.79 Å². The average molecular weight is 353 g/mol. The first-order valence-corrected chi connectivity index (χ1v) is 10.4. The molecule has 3 aliphatic carbocycles. The van der Waals surface area contributed by atoms with Crippen molar-refractivity contribution in [1.29, 1.82) is 0 Å². The van der Waals surface area contributed by atoms with Crippen molar-refractivity contribution in [2.45, 2.75) is 62.5 Å². The zero-order chi connectivity index (χ0) is 17.5. The van der Waals surface area contributed by atoms with Crippen LogP contribution in [0.5, 0.6) is 11.5 Å². The minimum Gasteiger partial charge on any atom is -0.493 e. The predicted octanol–water partition coefficient (Wildman–Crippen LogP) is 3.10. The van der Waals surface area contributed by atoms with E-state index in [2.05, 4.69) is 11.0 Å². The molecule has 1 saturated heterocycles. The first kappa shape index (κ1) is 15.5. The molecule has 1 spiro atoms. The summed E-state index contributed by atoms with van der Waals surface area (Å²) in [6.45, 7) is 2.37. The molecule has 3 fully saturated rings. The van der Waals surface area contributed by atoms with Crippen LogP contribution in [-0.2, 0) is 16.6 Å². The van der Waals surface area contributed by atoms with Crippen molar-refractivity contribution in [3.63, 3.8) is 0 Å². The van der Waals surface area contributed by atoms with Crippen molar-refractivity contribution in [3.8, 4) is 11.5 Å². The molecule has 26 heavy (non-hydrogen) atoms. The van der Waals surface area contributed by atoms with Gasteiger partial charge in [-0.3, -0.25) is 9.69 Å². The molecule has 0 radical (unpaired) electrons. The monoisotopic (exact) mass is 353 g/mol. The highest BCUT2D eigenvalue weighted by molar-refractivity contribution is 5.89. The topological polar surface area (TPSA) is 38.8 Å². The highest BCUT2D eigenvalue weighted by Crippen LogP contribution is 2.63. The molecular weight excluding hydrogens is 326 g/mol. The fourth-order valence-corrected chi connectivity index (χ4v) is 6.79. The molecule has 2 heterocycles. The van der Waals surface area contributed by atoms with Crippen LogP contribution in [-0.4, -0.2) is 43.0 Å². The van der Waals surface area contributed by atoms with Gasteiger partial charge in [0.15, 0.2) is 23.4 Å². The summed E-state index contributed by atoms with van der Waals surface area (Å²) in [6, 6.07) is 4.86. The molecule has 0 N–H and O–H groups in total. The third-order valence-electron chi connectivity index (χ3n) is 8.15. The van der Waals surface area contributed by atoms with E-state index in [1.165, 1.54) is 36.9 Å². The second kappa shape index (κ2) is 5.25. The van der Waals surface area contributed by atoms with Gasteiger partial charge in [-0.15, -0.1) is 0 Å². The zero-order valence-corrected chi connectivity index (χ0v) is 15.5. The summed E-state index contributed by atoms with van der Waals surface area (Å²) in [5, 5.41) is 0. The molecule has 4 nitrogen and oxygen atoms in total. The Hall–Kier alpha value is -1.55. The number of ketones is 1. The van der Waals surface area contributed by atoms with Crippen molar-refractivity contribution in [2.75, 3.05) is 20.2 Å². The van der Waals surface area contributed by atoms with Crippen molar-refractivity contribution in [3.05, 3.63) is 23.3 Å². The fourth-order valence-electron chi connectivity index (χ4n) is 6.79. The first-order chi connectivity index (χ1) is 12.7. The second-order valence-electron chi connectivity index (χ2n) is 9.09. The maximum absolute atomic E-state index is 12.9. The SMILES string of the molecule is COc1ccc2c3c1O[C@@H]1C(=O)CC[C@@H]4[C@H](C2)N(CC2CCC2)CC[C@@]314. The van der Waals surface area contributed by atoms with Crippen LogP contribution in [0.15, 0.2) is 12.1 Å². The Morgan fingerprint density at radius 1 is 1.31 bits per heavy atom. The molecule has 0 amide bonds. The minimum absolute atomic E-state index is 0.0897. The Morgan fingerprint density at radius 2 is 2.19 bits per heavy atom. The standard InChI is InChI=1S/C22H27NO3/c1-25-18-8-5-14-11-16-15-6-7-17(24)21-22(15,19(14)20(18)26-21)9-10-23(16)12-13-3-2-4-13/h5,8,13,15-16,21H,2-4,6-7,9-12H2,1H3/t15-,16+,21-,22-/m1/s1. The van der Waals surface area contributed by atoms with E-state index in [-0.39, 0.29) is 11.5 Å². The Kier molecular flexibility index (Phi) is 3.13. The number of carbonyl (C=O) groups excluding carboxylic acids is 1. The van der Waals surface area contributed by atoms with Gasteiger partial charge in [0.1, 0.15) is 0 Å². The number of methoxy groups -OCH3 is 1. The normalized spacial score (nSPS) is 37.7. The Labute approximate surface area is 154 Å². The molecule has 0 aromatic heterocycles. The summed E-state index contributed by atoms with van der Waals surface area (Å²) in [7, 11) is 1.70. The number of rotatable bonds is 3. The Bertz CT molecular complexity index is 786. The largest absolute Gasteiger partial charge is 0.493 e. The minimum atomic E-state index is -0.278. The maximum atomic E-state index is 12.9. The van der Waals surface area contributed by atoms with Crippen molar-refractivity contribution >= 4 is 5.78 Å². The van der Waals surface area contributed by atoms with Crippen LogP contribution in [0.3, 0.4) is 0 Å². The third kappa shape index (κ3) is 1.77. The smallest absolute Gasteiger partial charge is 0.174 e. The number of piperidine rings is 1. The van der Waals surface area contributed by atoms with Crippen molar-refractivity contribution < 1.29 is 14.3 Å². The van der Waals surface area contributed by atoms with Crippen LogP contribution in [0.1, 0.15) is 49.7 Å². The van der Waals surface area contributed by atoms with Gasteiger partial charge in [-0.25, -0.2) is 0 Å². The molecular formula is C22H27NO3. The second-order valence-corrected chi connectivity index (χ2v) is 9.09. The zero-order valence-electron chi connectivity index (χ0n) is 15.5. The molecule has 2 aliphatic heterocycles. The molecule has 6 rings (SSSR count). The van der Waals surface area contributed by atoms with E-state index in [1.807, 2.05) is 6.07 Å². The number of Topliss-reactive ketones (excluding diaryl/α,β-unsaturated/α-hetero) is 1. The third-order valence-corrected chi connectivity index (χ3v) is 8.15. The lowest BCUT2D eigenvalue weighted by molar-refractivity contribution is -0.139. The predicted molar refractivity (Wildman–Crippen MR) is 97.8 cm³/mol. The highest BCUT2D eigenvalue weighted by atomic mass is 16.5. The lowest BCUT2D eigenvalue weighted by Crippen LogP contribution is -2.66. The highest BCUT2D eigenvalue weighted by Gasteiger charge is 2.65. The Balaban J connectivity index is 1.48. The van der Waals surface area contributed by atoms with Crippen LogP contribution in [0.25, 0.3) is 0 Å². The summed E-state index contributed by atoms with van der Waals surface area (Å²) >= 11 is 0. The van der Waals surface area contributed by atoms with Gasteiger partial charge in [0.05, 0.1) is 7.11 Å². The van der Waals surface area contributed by atoms with Gasteiger partial charge >= 0.3 is 0 Å². The number of nitrogens with zero attached hydrogens (tertiary/aromatic N) is 1. The van der Waals surface area contributed by atoms with Gasteiger partial charge < -0.3 is 9.47 Å². The van der Waals surface area contributed by atoms with Crippen LogP contribution in [0.4, 0.5) is 0 Å². The van der Waals surface area contributed by atoms with Gasteiger partial charge in [0.2, 0.25) is 0 Å². The molecule has 2 saturated carbocycles. The van der Waals surface area contributed by atoms with Gasteiger partial charge in [-0.2, -0.15) is 0 Å². The number of benzene rings is 1. The van der Waals surface area contributed by atoms with Crippen molar-refractivity contribution in [1.82, 2.24) is 4.90 Å². The summed E-state index contributed by atoms with van der Waals surface area (Å²) in [5.41, 5.74) is 2.64. The Morgan fingerprint density at radius 3 is 2.96 bits per heavy atom. The van der Waals surface area contributed by atoms with Gasteiger partial charge in [0, 0.05) is 30.0 Å². The summed E-state index contributed by atoms with van der Waals surface area (Å²) in [4.78, 5) is 15.6. The van der Waals surface area contributed by atoms with Gasteiger partial charge in [-0.1, -0.05) is 12.5 Å². The van der Waals surface area contributed by atoms with Crippen LogP contribution >= 0.6 is 0 Å². The number of ether oxygens (including phenoxy) is 2. The van der Waals surface area contributed by atoms with Gasteiger partial charge in [-0.05, 0) is 62.1 Å². The number of likely N-dealkylation sites (tertiary alicyclic amines) is 1. The molecule has 4 atom stereocenters. The number of hydrogen-bond donors (Lipinski definition) is 0. The summed E-state index contributed by atoms with van der Waals surface area (Å²) in [6.07, 6.45) is 7.81. The van der Waals surface area contributed by atoms with E-state index < -0.39 is 0 Å². The van der Waals surface area contributed by atoms with E-state index in [0.717, 1.165) is 43.2 Å². The first-order valence-electron chi connectivity index (χ1n) is 10.4. The van der Waals surface area contributed by atoms with Crippen LogP contribution in [0.2, 0.25) is 0 Å². The summed E-state index contributed by atoms with van der Waals surface area (Å²) in [5.74, 6) is 3.44. The lowest BCUT2D eigenvalue weighted by Gasteiger charge is -2.58. The number of carbonyl (C=O) groups is 1. The van der Waals surface area contributed by atoms with E-state index >= 15 is 0 Å². The molecule has 1 aromatic rings. The molecule has 138 valence electrons. The van der Waals surface area contributed by atoms with E-state index in [1.54, 1.807) is 7.11 Å². The van der Waals surface area contributed by atoms with Crippen LogP contribution < -0.4 is 9.47 Å². The van der Waals surface area contributed by atoms with E-state index in [0.29, 0.717) is 24.2 Å². The van der Waals surface area contributed by atoms with Crippen LogP contribution in [0, 0.1) is 11.8 Å². The molecule has 0 unspecified atom stereocenters. The maximum Gasteiger partial charge on any atom is 0.174 e. The average Bonchev–Trinajstić information content (AvgIpc) is 2.96. The fraction of sp³-hybridized carbons (Fsp3) is 0.682. The quantitative estimate of drug-likeness (QED) is 0.837. The van der Waals surface area contributed by atoms with Crippen molar-refractivity contribution in [2.24, 2.45) is 11.8 Å². The number of hydrogen-bond acceptors (Lipinski definition) is 4. The molecule has 1 aromatic carbocycles. The molecule has 4 heteroatoms. The van der Waals surface area contributed by atoms with Gasteiger partial charge in [0.25, 0.3) is 0 Å². The molecule has 5 aliphatic rings. The van der Waals surface area contributed by atoms with E-state index in [4.69, 9.17) is 9.47 Å². The lowest BCUT2D eigenvalue weighted by atomic mass is 9.51. The summed E-state index contributed by atoms with van der Waals surface area (Å²) < 4.78 is 12.0.